The van der Waals surface area contributed by atoms with Gasteiger partial charge < -0.3 is 5.11 Å². The Hall–Kier alpha value is -0.900. The second-order valence-electron chi connectivity index (χ2n) is 6.14. The average molecular weight is 347 g/mol. The summed E-state index contributed by atoms with van der Waals surface area (Å²) in [7, 11) is 0. The van der Waals surface area contributed by atoms with Crippen LogP contribution in [-0.4, -0.2) is 15.3 Å². The Labute approximate surface area is 148 Å². The first-order valence-electron chi connectivity index (χ1n) is 8.22. The maximum atomic E-state index is 11.0. The second-order valence-corrected chi connectivity index (χ2v) is 9.21. The molecule has 1 N–H and O–H groups in total. The summed E-state index contributed by atoms with van der Waals surface area (Å²) in [6.45, 7) is 6.52. The summed E-state index contributed by atoms with van der Waals surface area (Å²) in [5, 5.41) is 11.0. The summed E-state index contributed by atoms with van der Waals surface area (Å²) >= 11 is 3.59. The molecule has 2 aromatic carbocycles. The largest absolute Gasteiger partial charge is 0.391 e. The number of benzene rings is 2. The van der Waals surface area contributed by atoms with Gasteiger partial charge in [-0.2, -0.15) is 0 Å². The lowest BCUT2D eigenvalue weighted by atomic mass is 10.0. The van der Waals surface area contributed by atoms with Crippen LogP contribution < -0.4 is 0 Å². The fraction of sp³-hybridized carbons (Fsp3) is 0.400. The normalized spacial score (nSPS) is 13.3. The highest BCUT2D eigenvalue weighted by Crippen LogP contribution is 2.51. The molecule has 0 saturated carbocycles. The first-order chi connectivity index (χ1) is 11.1. The summed E-state index contributed by atoms with van der Waals surface area (Å²) in [6, 6.07) is 20.8. The molecule has 0 aliphatic rings. The lowest BCUT2D eigenvalue weighted by Gasteiger charge is -2.37. The summed E-state index contributed by atoms with van der Waals surface area (Å²) < 4.78 is -0.271. The van der Waals surface area contributed by atoms with Crippen molar-refractivity contribution in [3.05, 3.63) is 60.7 Å². The molecule has 0 radical (unpaired) electrons. The number of rotatable bonds is 8. The van der Waals surface area contributed by atoms with Crippen molar-refractivity contribution in [1.82, 2.24) is 0 Å². The van der Waals surface area contributed by atoms with Gasteiger partial charge >= 0.3 is 0 Å². The van der Waals surface area contributed by atoms with Gasteiger partial charge in [-0.05, 0) is 43.0 Å². The summed E-state index contributed by atoms with van der Waals surface area (Å²) in [6.07, 6.45) is 1.36. The van der Waals surface area contributed by atoms with E-state index >= 15 is 0 Å². The average Bonchev–Trinajstić information content (AvgIpc) is 2.55. The Morgan fingerprint density at radius 1 is 0.870 bits per heavy atom. The van der Waals surface area contributed by atoms with Gasteiger partial charge in [-0.25, -0.2) is 0 Å². The Balaban J connectivity index is 2.30. The Morgan fingerprint density at radius 2 is 1.30 bits per heavy atom. The molecule has 0 amide bonds. The van der Waals surface area contributed by atoms with Crippen molar-refractivity contribution >= 4 is 23.5 Å². The minimum atomic E-state index is -0.358. The molecule has 1 atom stereocenters. The van der Waals surface area contributed by atoms with Crippen molar-refractivity contribution in [2.75, 3.05) is 0 Å². The van der Waals surface area contributed by atoms with Crippen molar-refractivity contribution in [2.24, 2.45) is 5.92 Å². The standard InChI is InChI=1S/C20H26OS2/c1-4-20(19(21)15-16(2)3,22-17-11-7-5-8-12-17)23-18-13-9-6-10-14-18/h5-14,16,19,21H,4,15H2,1-3H3. The Bertz CT molecular complexity index is 527. The van der Waals surface area contributed by atoms with Crippen LogP contribution in [0.3, 0.4) is 0 Å². The molecule has 0 heterocycles. The van der Waals surface area contributed by atoms with Gasteiger partial charge in [-0.3, -0.25) is 0 Å². The van der Waals surface area contributed by atoms with Crippen LogP contribution >= 0.6 is 23.5 Å². The molecule has 3 heteroatoms. The maximum Gasteiger partial charge on any atom is 0.0959 e. The van der Waals surface area contributed by atoms with Crippen molar-refractivity contribution in [3.63, 3.8) is 0 Å². The molecule has 124 valence electrons. The quantitative estimate of drug-likeness (QED) is 0.462. The van der Waals surface area contributed by atoms with E-state index in [1.807, 2.05) is 12.1 Å². The molecule has 0 fully saturated rings. The smallest absolute Gasteiger partial charge is 0.0959 e. The van der Waals surface area contributed by atoms with E-state index in [0.717, 1.165) is 12.8 Å². The first-order valence-corrected chi connectivity index (χ1v) is 9.85. The summed E-state index contributed by atoms with van der Waals surface area (Å²) in [5.41, 5.74) is 0. The molecule has 0 aromatic heterocycles. The van der Waals surface area contributed by atoms with Crippen LogP contribution in [0.1, 0.15) is 33.6 Å². The van der Waals surface area contributed by atoms with Crippen LogP contribution in [0.2, 0.25) is 0 Å². The van der Waals surface area contributed by atoms with Crippen LogP contribution in [-0.2, 0) is 0 Å². The molecule has 1 nitrogen and oxygen atoms in total. The van der Waals surface area contributed by atoms with E-state index in [2.05, 4.69) is 69.3 Å². The zero-order chi connectivity index (χ0) is 16.7. The highest BCUT2D eigenvalue weighted by molar-refractivity contribution is 8.18. The van der Waals surface area contributed by atoms with Gasteiger partial charge in [-0.15, -0.1) is 23.5 Å². The number of aliphatic hydroxyl groups excluding tert-OH is 1. The van der Waals surface area contributed by atoms with E-state index in [4.69, 9.17) is 0 Å². The molecule has 0 aliphatic heterocycles. The molecule has 2 rings (SSSR count). The van der Waals surface area contributed by atoms with Crippen LogP contribution in [0.4, 0.5) is 0 Å². The molecular weight excluding hydrogens is 320 g/mol. The highest BCUT2D eigenvalue weighted by atomic mass is 32.2. The third-order valence-corrected chi connectivity index (χ3v) is 7.09. The van der Waals surface area contributed by atoms with E-state index < -0.39 is 0 Å². The zero-order valence-corrected chi connectivity index (χ0v) is 15.7. The van der Waals surface area contributed by atoms with E-state index in [1.54, 1.807) is 23.5 Å². The van der Waals surface area contributed by atoms with Gasteiger partial charge in [0, 0.05) is 9.79 Å². The minimum Gasteiger partial charge on any atom is -0.391 e. The van der Waals surface area contributed by atoms with E-state index in [0.29, 0.717) is 5.92 Å². The van der Waals surface area contributed by atoms with Crippen molar-refractivity contribution in [3.8, 4) is 0 Å². The van der Waals surface area contributed by atoms with Crippen LogP contribution in [0.25, 0.3) is 0 Å². The lowest BCUT2D eigenvalue weighted by Crippen LogP contribution is -2.36. The molecule has 2 aromatic rings. The Morgan fingerprint density at radius 3 is 1.65 bits per heavy atom. The molecule has 0 bridgehead atoms. The fourth-order valence-corrected chi connectivity index (χ4v) is 5.42. The second kappa shape index (κ2) is 8.81. The van der Waals surface area contributed by atoms with E-state index in [9.17, 15) is 5.11 Å². The number of thioether (sulfide) groups is 2. The first kappa shape index (κ1) is 18.4. The molecular formula is C20H26OS2. The fourth-order valence-electron chi connectivity index (χ4n) is 2.54. The van der Waals surface area contributed by atoms with Gasteiger partial charge in [0.1, 0.15) is 0 Å². The lowest BCUT2D eigenvalue weighted by molar-refractivity contribution is 0.134. The van der Waals surface area contributed by atoms with Gasteiger partial charge in [0.05, 0.1) is 10.2 Å². The van der Waals surface area contributed by atoms with Crippen molar-refractivity contribution in [2.45, 2.75) is 53.6 Å². The predicted molar refractivity (Wildman–Crippen MR) is 103 cm³/mol. The van der Waals surface area contributed by atoms with Crippen molar-refractivity contribution < 1.29 is 5.11 Å². The van der Waals surface area contributed by atoms with Crippen molar-refractivity contribution in [1.29, 1.82) is 0 Å². The molecule has 0 aliphatic carbocycles. The SMILES string of the molecule is CCC(Sc1ccccc1)(Sc1ccccc1)C(O)CC(C)C. The van der Waals surface area contributed by atoms with Gasteiger partial charge in [0.2, 0.25) is 0 Å². The third kappa shape index (κ3) is 5.30. The number of aliphatic hydroxyl groups is 1. The van der Waals surface area contributed by atoms with Gasteiger partial charge in [0.25, 0.3) is 0 Å². The van der Waals surface area contributed by atoms with Gasteiger partial charge in [-0.1, -0.05) is 57.2 Å². The van der Waals surface area contributed by atoms with E-state index in [-0.39, 0.29) is 10.2 Å². The molecule has 1 unspecified atom stereocenters. The van der Waals surface area contributed by atoms with Crippen LogP contribution in [0, 0.1) is 5.92 Å². The monoisotopic (exact) mass is 346 g/mol. The zero-order valence-electron chi connectivity index (χ0n) is 14.1. The predicted octanol–water partition coefficient (Wildman–Crippen LogP) is 6.08. The maximum absolute atomic E-state index is 11.0. The number of hydrogen-bond donors (Lipinski definition) is 1. The summed E-state index contributed by atoms with van der Waals surface area (Å²) in [5.74, 6) is 0.476. The van der Waals surface area contributed by atoms with Crippen LogP contribution in [0.5, 0.6) is 0 Å². The van der Waals surface area contributed by atoms with Gasteiger partial charge in [0.15, 0.2) is 0 Å². The Kier molecular flexibility index (Phi) is 7.07. The topological polar surface area (TPSA) is 20.2 Å². The van der Waals surface area contributed by atoms with E-state index in [1.165, 1.54) is 9.79 Å². The third-order valence-electron chi connectivity index (χ3n) is 3.76. The highest BCUT2D eigenvalue weighted by Gasteiger charge is 2.39. The van der Waals surface area contributed by atoms with Crippen LogP contribution in [0.15, 0.2) is 70.5 Å². The molecule has 0 spiro atoms. The number of hydrogen-bond acceptors (Lipinski definition) is 3. The molecule has 23 heavy (non-hydrogen) atoms. The summed E-state index contributed by atoms with van der Waals surface area (Å²) in [4.78, 5) is 2.42. The molecule has 0 saturated heterocycles. The minimum absolute atomic E-state index is 0.271.